The molecule has 0 radical (unpaired) electrons. The Kier molecular flexibility index (Phi) is 5.26. The van der Waals surface area contributed by atoms with Crippen LogP contribution in [0, 0.1) is 0 Å². The molecule has 0 aromatic carbocycles. The summed E-state index contributed by atoms with van der Waals surface area (Å²) in [4.78, 5) is 0. The van der Waals surface area contributed by atoms with Crippen molar-refractivity contribution in [3.05, 3.63) is 0 Å². The molecular weight excluding hydrogens is 216 g/mol. The van der Waals surface area contributed by atoms with Gasteiger partial charge in [-0.15, -0.1) is 0 Å². The summed E-state index contributed by atoms with van der Waals surface area (Å²) in [5.41, 5.74) is 0. The Bertz CT molecular complexity index is 212. The van der Waals surface area contributed by atoms with Crippen LogP contribution in [0.15, 0.2) is 0 Å². The number of hydrogen-bond donors (Lipinski definition) is 1. The predicted octanol–water partition coefficient (Wildman–Crippen LogP) is 2.65. The van der Waals surface area contributed by atoms with Gasteiger partial charge in [-0.3, -0.25) is 0 Å². The van der Waals surface area contributed by atoms with E-state index in [9.17, 15) is 5.11 Å². The predicted molar refractivity (Wildman–Crippen MR) is 67.0 cm³/mol. The highest BCUT2D eigenvalue weighted by atomic mass is 16.6. The van der Waals surface area contributed by atoms with Crippen LogP contribution in [-0.2, 0) is 9.47 Å². The fraction of sp³-hybridized carbons (Fsp3) is 1.00. The van der Waals surface area contributed by atoms with Crippen molar-refractivity contribution in [1.82, 2.24) is 0 Å². The number of ether oxygens (including phenoxy) is 2. The molecule has 2 fully saturated rings. The second-order valence-electron chi connectivity index (χ2n) is 5.43. The lowest BCUT2D eigenvalue weighted by atomic mass is 9.87. The second kappa shape index (κ2) is 6.72. The van der Waals surface area contributed by atoms with E-state index in [4.69, 9.17) is 9.47 Å². The van der Waals surface area contributed by atoms with Crippen molar-refractivity contribution in [2.45, 2.75) is 82.7 Å². The van der Waals surface area contributed by atoms with E-state index < -0.39 is 0 Å². The summed E-state index contributed by atoms with van der Waals surface area (Å²) in [7, 11) is 0. The Morgan fingerprint density at radius 3 is 2.41 bits per heavy atom. The molecular formula is C14H26O3. The summed E-state index contributed by atoms with van der Waals surface area (Å²) < 4.78 is 11.8. The average molecular weight is 242 g/mol. The van der Waals surface area contributed by atoms with Gasteiger partial charge in [0.05, 0.1) is 18.3 Å². The van der Waals surface area contributed by atoms with Crippen molar-refractivity contribution in [3.63, 3.8) is 0 Å². The van der Waals surface area contributed by atoms with E-state index in [-0.39, 0.29) is 18.3 Å². The molecule has 2 aliphatic rings. The van der Waals surface area contributed by atoms with Crippen LogP contribution < -0.4 is 0 Å². The van der Waals surface area contributed by atoms with E-state index in [0.717, 1.165) is 19.4 Å². The van der Waals surface area contributed by atoms with Gasteiger partial charge in [0.1, 0.15) is 6.10 Å². The van der Waals surface area contributed by atoms with E-state index in [1.54, 1.807) is 0 Å². The van der Waals surface area contributed by atoms with Gasteiger partial charge in [0.15, 0.2) is 0 Å². The van der Waals surface area contributed by atoms with Crippen molar-refractivity contribution in [2.75, 3.05) is 6.61 Å². The summed E-state index contributed by atoms with van der Waals surface area (Å²) >= 11 is 0. The van der Waals surface area contributed by atoms with Crippen molar-refractivity contribution < 1.29 is 14.6 Å². The van der Waals surface area contributed by atoms with Gasteiger partial charge in [-0.1, -0.05) is 32.6 Å². The molecule has 2 rings (SSSR count). The van der Waals surface area contributed by atoms with E-state index in [0.29, 0.717) is 6.10 Å². The first kappa shape index (κ1) is 13.3. The number of rotatable bonds is 5. The fourth-order valence-electron chi connectivity index (χ4n) is 2.79. The summed E-state index contributed by atoms with van der Waals surface area (Å²) in [5.74, 6) is 0. The number of hydrogen-bond acceptors (Lipinski definition) is 3. The van der Waals surface area contributed by atoms with Crippen LogP contribution in [0.3, 0.4) is 0 Å². The van der Waals surface area contributed by atoms with E-state index in [2.05, 4.69) is 6.92 Å². The third-order valence-electron chi connectivity index (χ3n) is 3.90. The number of aliphatic hydroxyl groups is 1. The first-order valence-corrected chi connectivity index (χ1v) is 7.26. The minimum absolute atomic E-state index is 0.0711. The lowest BCUT2D eigenvalue weighted by Gasteiger charge is -2.42. The van der Waals surface area contributed by atoms with Gasteiger partial charge in [-0.2, -0.15) is 0 Å². The maximum Gasteiger partial charge on any atom is 0.110 e. The minimum Gasteiger partial charge on any atom is -0.390 e. The summed E-state index contributed by atoms with van der Waals surface area (Å²) in [6.45, 7) is 2.82. The zero-order valence-corrected chi connectivity index (χ0v) is 10.9. The monoisotopic (exact) mass is 242 g/mol. The summed E-state index contributed by atoms with van der Waals surface area (Å²) in [6, 6.07) is 0. The highest BCUT2D eigenvalue weighted by molar-refractivity contribution is 4.92. The molecule has 0 heterocycles. The second-order valence-corrected chi connectivity index (χ2v) is 5.43. The zero-order chi connectivity index (χ0) is 12.1. The van der Waals surface area contributed by atoms with Gasteiger partial charge >= 0.3 is 0 Å². The van der Waals surface area contributed by atoms with Gasteiger partial charge in [-0.25, -0.2) is 0 Å². The molecule has 0 amide bonds. The largest absolute Gasteiger partial charge is 0.390 e. The molecule has 2 saturated carbocycles. The third-order valence-corrected chi connectivity index (χ3v) is 3.90. The molecule has 0 aliphatic heterocycles. The van der Waals surface area contributed by atoms with Crippen LogP contribution >= 0.6 is 0 Å². The number of aliphatic hydroxyl groups excluding tert-OH is 1. The highest BCUT2D eigenvalue weighted by Gasteiger charge is 2.42. The molecule has 0 aromatic rings. The molecule has 3 nitrogen and oxygen atoms in total. The van der Waals surface area contributed by atoms with E-state index in [1.165, 1.54) is 38.5 Å². The Labute approximate surface area is 104 Å². The zero-order valence-electron chi connectivity index (χ0n) is 10.9. The van der Waals surface area contributed by atoms with Crippen molar-refractivity contribution >= 4 is 0 Å². The van der Waals surface area contributed by atoms with Crippen LogP contribution in [0.25, 0.3) is 0 Å². The average Bonchev–Trinajstić information content (AvgIpc) is 2.57. The van der Waals surface area contributed by atoms with Crippen LogP contribution in [0.2, 0.25) is 0 Å². The van der Waals surface area contributed by atoms with Gasteiger partial charge in [0.25, 0.3) is 0 Å². The molecule has 0 bridgehead atoms. The fourth-order valence-corrected chi connectivity index (χ4v) is 2.79. The Hall–Kier alpha value is -0.120. The minimum atomic E-state index is -0.308. The van der Waals surface area contributed by atoms with Crippen LogP contribution in [0.1, 0.15) is 58.3 Å². The van der Waals surface area contributed by atoms with E-state index in [1.807, 2.05) is 0 Å². The topological polar surface area (TPSA) is 38.7 Å². The highest BCUT2D eigenvalue weighted by Crippen LogP contribution is 2.31. The standard InChI is InChI=1S/C14H26O3/c1-2-9-16-14-12(15)10-13(14)17-11-7-5-3-4-6-8-11/h11-15H,2-10H2,1H3. The molecule has 100 valence electrons. The normalized spacial score (nSPS) is 35.3. The van der Waals surface area contributed by atoms with Crippen LogP contribution in [0.5, 0.6) is 0 Å². The molecule has 0 spiro atoms. The molecule has 2 aliphatic carbocycles. The van der Waals surface area contributed by atoms with Gasteiger partial charge in [0, 0.05) is 13.0 Å². The maximum atomic E-state index is 9.68. The SMILES string of the molecule is CCCOC1C(O)CC1OC1CCCCCC1. The Morgan fingerprint density at radius 1 is 1.12 bits per heavy atom. The Balaban J connectivity index is 1.73. The summed E-state index contributed by atoms with van der Waals surface area (Å²) in [6.07, 6.45) is 9.58. The van der Waals surface area contributed by atoms with Crippen LogP contribution in [0.4, 0.5) is 0 Å². The molecule has 17 heavy (non-hydrogen) atoms. The molecule has 0 aromatic heterocycles. The third kappa shape index (κ3) is 3.67. The molecule has 3 heteroatoms. The quantitative estimate of drug-likeness (QED) is 0.753. The van der Waals surface area contributed by atoms with Gasteiger partial charge < -0.3 is 14.6 Å². The van der Waals surface area contributed by atoms with Crippen molar-refractivity contribution in [2.24, 2.45) is 0 Å². The first-order chi connectivity index (χ1) is 8.31. The van der Waals surface area contributed by atoms with Crippen molar-refractivity contribution in [3.8, 4) is 0 Å². The lowest BCUT2D eigenvalue weighted by molar-refractivity contribution is -0.208. The Morgan fingerprint density at radius 2 is 1.82 bits per heavy atom. The summed E-state index contributed by atoms with van der Waals surface area (Å²) in [5, 5.41) is 9.68. The first-order valence-electron chi connectivity index (χ1n) is 7.26. The molecule has 3 unspecified atom stereocenters. The molecule has 0 saturated heterocycles. The maximum absolute atomic E-state index is 9.68. The smallest absolute Gasteiger partial charge is 0.110 e. The van der Waals surface area contributed by atoms with Gasteiger partial charge in [0.2, 0.25) is 0 Å². The van der Waals surface area contributed by atoms with Crippen LogP contribution in [-0.4, -0.2) is 36.1 Å². The van der Waals surface area contributed by atoms with Gasteiger partial charge in [-0.05, 0) is 19.3 Å². The molecule has 3 atom stereocenters. The van der Waals surface area contributed by atoms with E-state index >= 15 is 0 Å². The van der Waals surface area contributed by atoms with Crippen molar-refractivity contribution in [1.29, 1.82) is 0 Å². The molecule has 1 N–H and O–H groups in total. The lowest BCUT2D eigenvalue weighted by Crippen LogP contribution is -2.54.